The topological polar surface area (TPSA) is 0 Å². The second kappa shape index (κ2) is 2.78. The first-order valence-electron chi connectivity index (χ1n) is 5.61. The molecule has 0 saturated heterocycles. The summed E-state index contributed by atoms with van der Waals surface area (Å²) < 4.78 is 0. The monoisotopic (exact) mass is 164 g/mol. The predicted octanol–water partition coefficient (Wildman–Crippen LogP) is 2.64. The molecule has 3 atom stereocenters. The minimum absolute atomic E-state index is 0.639. The van der Waals surface area contributed by atoms with Crippen LogP contribution in [0.25, 0.3) is 0 Å². The van der Waals surface area contributed by atoms with Crippen LogP contribution in [0.4, 0.5) is 0 Å². The Labute approximate surface area is 77.5 Å². The van der Waals surface area contributed by atoms with E-state index < -0.39 is 0 Å². The lowest BCUT2D eigenvalue weighted by molar-refractivity contribution is 0.165. The van der Waals surface area contributed by atoms with Crippen LogP contribution in [-0.4, -0.2) is 7.85 Å². The highest BCUT2D eigenvalue weighted by molar-refractivity contribution is 6.15. The summed E-state index contributed by atoms with van der Waals surface area (Å²) in [6.07, 6.45) is 7.55. The third kappa shape index (κ3) is 1.22. The van der Waals surface area contributed by atoms with Gasteiger partial charge in [-0.05, 0) is 17.8 Å². The molecule has 2 saturated carbocycles. The van der Waals surface area contributed by atoms with Crippen LogP contribution in [0.5, 0.6) is 0 Å². The number of hydrogen-bond acceptors (Lipinski definition) is 0. The quantitative estimate of drug-likeness (QED) is 0.522. The second-order valence-electron chi connectivity index (χ2n) is 5.67. The average Bonchev–Trinajstić information content (AvgIpc) is 2.12. The van der Waals surface area contributed by atoms with Crippen LogP contribution < -0.4 is 0 Å². The van der Waals surface area contributed by atoms with Gasteiger partial charge in [0, 0.05) is 0 Å². The van der Waals surface area contributed by atoms with Crippen molar-refractivity contribution < 1.29 is 0 Å². The molecule has 0 spiro atoms. The summed E-state index contributed by atoms with van der Waals surface area (Å²) in [5, 5.41) is 0.639. The molecule has 0 N–H and O–H groups in total. The van der Waals surface area contributed by atoms with E-state index in [4.69, 9.17) is 0 Å². The Morgan fingerprint density at radius 3 is 2.25 bits per heavy atom. The maximum Gasteiger partial charge on any atom is 0.109 e. The van der Waals surface area contributed by atoms with E-state index in [9.17, 15) is 0 Å². The molecule has 2 aliphatic rings. The lowest BCUT2D eigenvalue weighted by Crippen LogP contribution is -2.26. The molecule has 0 aromatic carbocycles. The van der Waals surface area contributed by atoms with Crippen LogP contribution in [0.15, 0.2) is 0 Å². The fourth-order valence-corrected chi connectivity index (χ4v) is 3.11. The normalized spacial score (nSPS) is 49.2. The largest absolute Gasteiger partial charge is 0.109 e. The van der Waals surface area contributed by atoms with E-state index in [1.807, 2.05) is 0 Å². The third-order valence-corrected chi connectivity index (χ3v) is 4.75. The zero-order chi connectivity index (χ0) is 8.77. The van der Waals surface area contributed by atoms with Crippen LogP contribution in [0.2, 0.25) is 5.31 Å². The Bertz CT molecular complexity index is 170. The highest BCUT2D eigenvalue weighted by atomic mass is 14.5. The lowest BCUT2D eigenvalue weighted by Gasteiger charge is -2.37. The van der Waals surface area contributed by atoms with Crippen molar-refractivity contribution in [3.05, 3.63) is 0 Å². The van der Waals surface area contributed by atoms with Gasteiger partial charge in [0.1, 0.15) is 7.85 Å². The van der Waals surface area contributed by atoms with Gasteiger partial charge in [-0.1, -0.05) is 51.3 Å². The van der Waals surface area contributed by atoms with Crippen LogP contribution in [0.3, 0.4) is 0 Å². The van der Waals surface area contributed by atoms with Gasteiger partial charge in [0.25, 0.3) is 0 Å². The van der Waals surface area contributed by atoms with E-state index in [2.05, 4.69) is 21.7 Å². The highest BCUT2D eigenvalue weighted by Gasteiger charge is 2.43. The molecule has 2 fully saturated rings. The van der Waals surface area contributed by atoms with Gasteiger partial charge in [0.05, 0.1) is 0 Å². The Hall–Kier alpha value is 0.0649. The molecular weight excluding hydrogens is 143 g/mol. The van der Waals surface area contributed by atoms with Crippen molar-refractivity contribution >= 4 is 7.85 Å². The lowest BCUT2D eigenvalue weighted by atomic mass is 9.60. The van der Waals surface area contributed by atoms with Crippen molar-refractivity contribution in [2.75, 3.05) is 0 Å². The molecule has 1 heteroatoms. The van der Waals surface area contributed by atoms with Crippen LogP contribution >= 0.6 is 0 Å². The van der Waals surface area contributed by atoms with Crippen molar-refractivity contribution in [3.63, 3.8) is 0 Å². The van der Waals surface area contributed by atoms with Crippen LogP contribution in [0, 0.1) is 17.8 Å². The van der Waals surface area contributed by atoms with E-state index in [1.54, 1.807) is 0 Å². The SMILES string of the molecule is B[C@@]1(C)CC[C@@H](C2CCC2)C1C. The molecule has 0 aromatic heterocycles. The molecular formula is C11H21B. The highest BCUT2D eigenvalue weighted by Crippen LogP contribution is 2.55. The summed E-state index contributed by atoms with van der Waals surface area (Å²) in [5.41, 5.74) is 0. The van der Waals surface area contributed by atoms with Crippen molar-refractivity contribution in [2.24, 2.45) is 17.8 Å². The Kier molecular flexibility index (Phi) is 2.01. The molecule has 0 bridgehead atoms. The van der Waals surface area contributed by atoms with E-state index >= 15 is 0 Å². The minimum atomic E-state index is 0.639. The molecule has 2 rings (SSSR count). The van der Waals surface area contributed by atoms with Gasteiger partial charge in [0.15, 0.2) is 0 Å². The predicted molar refractivity (Wildman–Crippen MR) is 56.1 cm³/mol. The Morgan fingerprint density at radius 2 is 1.92 bits per heavy atom. The van der Waals surface area contributed by atoms with Gasteiger partial charge in [-0.25, -0.2) is 0 Å². The van der Waals surface area contributed by atoms with E-state index in [1.165, 1.54) is 32.1 Å². The molecule has 0 aliphatic heterocycles. The van der Waals surface area contributed by atoms with Crippen molar-refractivity contribution in [1.29, 1.82) is 0 Å². The summed E-state index contributed by atoms with van der Waals surface area (Å²) >= 11 is 0. The van der Waals surface area contributed by atoms with E-state index in [0.717, 1.165) is 17.8 Å². The molecule has 2 aliphatic carbocycles. The van der Waals surface area contributed by atoms with Gasteiger partial charge in [-0.3, -0.25) is 0 Å². The maximum absolute atomic E-state index is 2.48. The molecule has 12 heavy (non-hydrogen) atoms. The Morgan fingerprint density at radius 1 is 1.25 bits per heavy atom. The van der Waals surface area contributed by atoms with Gasteiger partial charge in [-0.2, -0.15) is 0 Å². The first kappa shape index (κ1) is 8.65. The fourth-order valence-electron chi connectivity index (χ4n) is 3.11. The van der Waals surface area contributed by atoms with Gasteiger partial charge < -0.3 is 0 Å². The molecule has 68 valence electrons. The number of rotatable bonds is 1. The molecule has 0 amide bonds. The maximum atomic E-state index is 2.48. The Balaban J connectivity index is 2.00. The molecule has 1 unspecified atom stereocenters. The van der Waals surface area contributed by atoms with Crippen LogP contribution in [-0.2, 0) is 0 Å². The molecule has 0 radical (unpaired) electrons. The van der Waals surface area contributed by atoms with E-state index in [-0.39, 0.29) is 0 Å². The smallest absolute Gasteiger partial charge is 0.0667 e. The minimum Gasteiger partial charge on any atom is -0.0667 e. The van der Waals surface area contributed by atoms with Crippen molar-refractivity contribution in [2.45, 2.75) is 51.3 Å². The summed E-state index contributed by atoms with van der Waals surface area (Å²) in [6, 6.07) is 0. The molecule has 0 nitrogen and oxygen atoms in total. The summed E-state index contributed by atoms with van der Waals surface area (Å²) in [6.45, 7) is 4.94. The molecule has 0 aromatic rings. The van der Waals surface area contributed by atoms with Gasteiger partial charge in [-0.15, -0.1) is 0 Å². The zero-order valence-corrected chi connectivity index (χ0v) is 8.77. The fraction of sp³-hybridized carbons (Fsp3) is 1.00. The average molecular weight is 164 g/mol. The number of hydrogen-bond donors (Lipinski definition) is 0. The van der Waals surface area contributed by atoms with Crippen LogP contribution in [0.1, 0.15) is 46.0 Å². The summed E-state index contributed by atoms with van der Waals surface area (Å²) in [4.78, 5) is 0. The standard InChI is InChI=1S/C11H21B/c1-8-10(9-4-3-5-9)6-7-11(8,2)12/h8-10H,3-7,12H2,1-2H3/t8?,10-,11+/m1/s1. The van der Waals surface area contributed by atoms with E-state index in [0.29, 0.717) is 5.31 Å². The van der Waals surface area contributed by atoms with Gasteiger partial charge in [0.2, 0.25) is 0 Å². The molecule has 0 heterocycles. The third-order valence-electron chi connectivity index (χ3n) is 4.75. The summed E-state index contributed by atoms with van der Waals surface area (Å²) in [7, 11) is 2.45. The zero-order valence-electron chi connectivity index (χ0n) is 8.77. The first-order valence-corrected chi connectivity index (χ1v) is 5.61. The van der Waals surface area contributed by atoms with Crippen molar-refractivity contribution in [1.82, 2.24) is 0 Å². The summed E-state index contributed by atoms with van der Waals surface area (Å²) in [5.74, 6) is 3.17. The van der Waals surface area contributed by atoms with Gasteiger partial charge >= 0.3 is 0 Å². The first-order chi connectivity index (χ1) is 5.61. The van der Waals surface area contributed by atoms with Crippen molar-refractivity contribution in [3.8, 4) is 0 Å². The second-order valence-corrected chi connectivity index (χ2v) is 5.67.